The summed E-state index contributed by atoms with van der Waals surface area (Å²) in [5.74, 6) is 6.05. The van der Waals surface area contributed by atoms with Crippen LogP contribution in [0.4, 0.5) is 0 Å². The second-order valence-corrected chi connectivity index (χ2v) is 13.1. The van der Waals surface area contributed by atoms with Gasteiger partial charge in [0.05, 0.1) is 0 Å². The third-order valence-electron chi connectivity index (χ3n) is 10.2. The number of benzene rings is 2. The topological polar surface area (TPSA) is 0 Å². The first-order chi connectivity index (χ1) is 17.4. The van der Waals surface area contributed by atoms with Crippen molar-refractivity contribution in [3.63, 3.8) is 0 Å². The third kappa shape index (κ3) is 4.17. The van der Waals surface area contributed by atoms with Gasteiger partial charge in [-0.1, -0.05) is 131 Å². The molecule has 0 aromatic heterocycles. The molecule has 0 radical (unpaired) electrons. The van der Waals surface area contributed by atoms with E-state index in [0.717, 1.165) is 17.8 Å². The van der Waals surface area contributed by atoms with Crippen LogP contribution in [0.3, 0.4) is 0 Å². The molecule has 2 aromatic carbocycles. The van der Waals surface area contributed by atoms with E-state index < -0.39 is 0 Å². The third-order valence-corrected chi connectivity index (χ3v) is 10.2. The van der Waals surface area contributed by atoms with Crippen molar-refractivity contribution in [1.82, 2.24) is 0 Å². The van der Waals surface area contributed by atoms with Crippen LogP contribution in [0.1, 0.15) is 52.0 Å². The Hall–Kier alpha value is -2.60. The summed E-state index contributed by atoms with van der Waals surface area (Å²) in [6, 6.07) is 20.6. The Morgan fingerprint density at radius 1 is 0.639 bits per heavy atom. The van der Waals surface area contributed by atoms with Crippen LogP contribution in [-0.2, 0) is 0 Å². The summed E-state index contributed by atoms with van der Waals surface area (Å²) in [5.41, 5.74) is 4.58. The SMILES string of the molecule is CC1CC(C(C)(C)C)CC1C(c1ccc(-c2ccccc2)cc1)C1C2C=CC=CC2C2C=CC=CC21. The molecule has 36 heavy (non-hydrogen) atoms. The van der Waals surface area contributed by atoms with E-state index in [2.05, 4.69) is 131 Å². The highest BCUT2D eigenvalue weighted by molar-refractivity contribution is 5.63. The van der Waals surface area contributed by atoms with Gasteiger partial charge in [-0.25, -0.2) is 0 Å². The molecule has 6 rings (SSSR count). The zero-order valence-corrected chi connectivity index (χ0v) is 22.4. The average Bonchev–Trinajstić information content (AvgIpc) is 3.44. The van der Waals surface area contributed by atoms with Crippen molar-refractivity contribution < 1.29 is 0 Å². The first kappa shape index (κ1) is 23.8. The van der Waals surface area contributed by atoms with Crippen LogP contribution in [0.5, 0.6) is 0 Å². The van der Waals surface area contributed by atoms with Crippen molar-refractivity contribution in [3.8, 4) is 11.1 Å². The zero-order chi connectivity index (χ0) is 24.9. The molecule has 186 valence electrons. The summed E-state index contributed by atoms with van der Waals surface area (Å²) in [7, 11) is 0. The maximum atomic E-state index is 2.56. The molecule has 0 nitrogen and oxygen atoms in total. The van der Waals surface area contributed by atoms with Gasteiger partial charge in [0.15, 0.2) is 0 Å². The van der Waals surface area contributed by atoms with Crippen LogP contribution in [-0.4, -0.2) is 0 Å². The molecule has 0 N–H and O–H groups in total. The molecule has 4 aliphatic rings. The van der Waals surface area contributed by atoms with E-state index in [9.17, 15) is 0 Å². The van der Waals surface area contributed by atoms with Gasteiger partial charge in [-0.3, -0.25) is 0 Å². The van der Waals surface area contributed by atoms with Crippen molar-refractivity contribution in [2.45, 2.75) is 46.5 Å². The fourth-order valence-corrected chi connectivity index (χ4v) is 8.33. The zero-order valence-electron chi connectivity index (χ0n) is 22.4. The molecule has 8 unspecified atom stereocenters. The lowest BCUT2D eigenvalue weighted by molar-refractivity contribution is 0.196. The van der Waals surface area contributed by atoms with Crippen molar-refractivity contribution >= 4 is 0 Å². The first-order valence-electron chi connectivity index (χ1n) is 14.3. The van der Waals surface area contributed by atoms with Crippen molar-refractivity contribution in [3.05, 3.63) is 109 Å². The second kappa shape index (κ2) is 9.37. The molecular weight excluding hydrogens is 432 g/mol. The molecule has 0 heterocycles. The van der Waals surface area contributed by atoms with E-state index in [0.29, 0.717) is 40.9 Å². The van der Waals surface area contributed by atoms with E-state index in [-0.39, 0.29) is 0 Å². The lowest BCUT2D eigenvalue weighted by Crippen LogP contribution is -2.31. The quantitative estimate of drug-likeness (QED) is 0.414. The standard InChI is InChI=1S/C36H42/c1-24-22-28(36(2,3)4)23-33(24)34(27-20-18-26(19-21-27)25-12-6-5-7-13-25)35-31-16-10-8-14-29(31)30-15-9-11-17-32(30)35/h5-21,24,28-35H,22-23H2,1-4H3. The van der Waals surface area contributed by atoms with Crippen LogP contribution in [0.2, 0.25) is 0 Å². The van der Waals surface area contributed by atoms with Gasteiger partial charge in [-0.15, -0.1) is 0 Å². The Balaban J connectivity index is 1.42. The van der Waals surface area contributed by atoms with Crippen LogP contribution in [0.25, 0.3) is 11.1 Å². The lowest BCUT2D eigenvalue weighted by Gasteiger charge is -2.39. The number of allylic oxidation sites excluding steroid dienone is 8. The van der Waals surface area contributed by atoms with Crippen LogP contribution >= 0.6 is 0 Å². The van der Waals surface area contributed by atoms with E-state index in [1.54, 1.807) is 5.56 Å². The largest absolute Gasteiger partial charge is 0.0805 e. The van der Waals surface area contributed by atoms with E-state index in [1.165, 1.54) is 24.0 Å². The molecule has 0 bridgehead atoms. The first-order valence-corrected chi connectivity index (χ1v) is 14.3. The molecule has 0 spiro atoms. The molecule has 0 heteroatoms. The highest BCUT2D eigenvalue weighted by Gasteiger charge is 2.53. The molecule has 2 aromatic rings. The summed E-state index contributed by atoms with van der Waals surface area (Å²) < 4.78 is 0. The smallest absolute Gasteiger partial charge is 0.00909 e. The molecule has 8 atom stereocenters. The predicted molar refractivity (Wildman–Crippen MR) is 153 cm³/mol. The van der Waals surface area contributed by atoms with Crippen molar-refractivity contribution in [2.75, 3.05) is 0 Å². The lowest BCUT2D eigenvalue weighted by atomic mass is 9.65. The molecule has 0 amide bonds. The summed E-state index contributed by atoms with van der Waals surface area (Å²) in [4.78, 5) is 0. The Bertz CT molecular complexity index is 1130. The number of hydrogen-bond acceptors (Lipinski definition) is 0. The van der Waals surface area contributed by atoms with Crippen LogP contribution < -0.4 is 0 Å². The van der Waals surface area contributed by atoms with E-state index in [4.69, 9.17) is 0 Å². The fourth-order valence-electron chi connectivity index (χ4n) is 8.33. The molecule has 0 aliphatic heterocycles. The van der Waals surface area contributed by atoms with Crippen molar-refractivity contribution in [2.24, 2.45) is 52.8 Å². The summed E-state index contributed by atoms with van der Waals surface area (Å²) >= 11 is 0. The van der Waals surface area contributed by atoms with Gasteiger partial charge in [0.2, 0.25) is 0 Å². The van der Waals surface area contributed by atoms with Gasteiger partial charge in [0, 0.05) is 0 Å². The molecule has 2 fully saturated rings. The van der Waals surface area contributed by atoms with E-state index in [1.807, 2.05) is 0 Å². The molecular formula is C36H42. The predicted octanol–water partition coefficient (Wildman–Crippen LogP) is 9.49. The monoisotopic (exact) mass is 474 g/mol. The fraction of sp³-hybridized carbons (Fsp3) is 0.444. The van der Waals surface area contributed by atoms with Gasteiger partial charge >= 0.3 is 0 Å². The van der Waals surface area contributed by atoms with E-state index >= 15 is 0 Å². The minimum absolute atomic E-state index is 0.381. The van der Waals surface area contributed by atoms with Gasteiger partial charge < -0.3 is 0 Å². The maximum Gasteiger partial charge on any atom is -0.00909 e. The minimum atomic E-state index is 0.381. The number of hydrogen-bond donors (Lipinski definition) is 0. The van der Waals surface area contributed by atoms with Gasteiger partial charge in [-0.05, 0) is 88.2 Å². The summed E-state index contributed by atoms with van der Waals surface area (Å²) in [6.45, 7) is 9.93. The van der Waals surface area contributed by atoms with Crippen LogP contribution in [0.15, 0.2) is 103 Å². The summed E-state index contributed by atoms with van der Waals surface area (Å²) in [5, 5.41) is 0. The minimum Gasteiger partial charge on any atom is -0.0805 e. The van der Waals surface area contributed by atoms with Gasteiger partial charge in [0.1, 0.15) is 0 Å². The Kier molecular flexibility index (Phi) is 6.19. The normalized spacial score (nSPS) is 35.6. The van der Waals surface area contributed by atoms with Gasteiger partial charge in [-0.2, -0.15) is 0 Å². The number of rotatable bonds is 4. The Labute approximate surface area is 218 Å². The molecule has 2 saturated carbocycles. The highest BCUT2D eigenvalue weighted by atomic mass is 14.6. The molecule has 4 aliphatic carbocycles. The Morgan fingerprint density at radius 2 is 1.17 bits per heavy atom. The number of fused-ring (bicyclic) bond motifs is 3. The van der Waals surface area contributed by atoms with Gasteiger partial charge in [0.25, 0.3) is 0 Å². The van der Waals surface area contributed by atoms with Crippen LogP contribution in [0, 0.1) is 52.8 Å². The molecule has 0 saturated heterocycles. The highest BCUT2D eigenvalue weighted by Crippen LogP contribution is 2.61. The second-order valence-electron chi connectivity index (χ2n) is 13.1. The Morgan fingerprint density at radius 3 is 1.69 bits per heavy atom. The summed E-state index contributed by atoms with van der Waals surface area (Å²) in [6.07, 6.45) is 22.1. The average molecular weight is 475 g/mol. The van der Waals surface area contributed by atoms with Crippen molar-refractivity contribution in [1.29, 1.82) is 0 Å². The maximum absolute atomic E-state index is 2.56.